The maximum atomic E-state index is 13.8. The number of hydrogen-bond acceptors (Lipinski definition) is 1. The van der Waals surface area contributed by atoms with E-state index in [0.717, 1.165) is 24.3 Å². The molecule has 17 heavy (non-hydrogen) atoms. The smallest absolute Gasteiger partial charge is 0.341 e. The zero-order valence-electron chi connectivity index (χ0n) is 8.56. The fourth-order valence-corrected chi connectivity index (χ4v) is 1.26. The van der Waals surface area contributed by atoms with Crippen molar-refractivity contribution in [1.29, 1.82) is 0 Å². The Morgan fingerprint density at radius 1 is 0.882 bits per heavy atom. The molecule has 1 aromatic carbocycles. The number of benzene rings is 1. The van der Waals surface area contributed by atoms with Crippen LogP contribution in [0, 0.1) is 0 Å². The molecule has 1 atom stereocenters. The standard InChI is InChI=1S/C10H8F6O/c1-17-8(11,7-5-3-2-4-6-7)9(12,13)10(14,15)16/h2-6H,1H3. The summed E-state index contributed by atoms with van der Waals surface area (Å²) in [5, 5.41) is 0. The van der Waals surface area contributed by atoms with E-state index in [1.54, 1.807) is 0 Å². The van der Waals surface area contributed by atoms with Crippen molar-refractivity contribution < 1.29 is 31.1 Å². The zero-order valence-corrected chi connectivity index (χ0v) is 8.56. The molecule has 1 rings (SSSR count). The van der Waals surface area contributed by atoms with Crippen molar-refractivity contribution in [2.75, 3.05) is 7.11 Å². The second kappa shape index (κ2) is 4.21. The van der Waals surface area contributed by atoms with Crippen molar-refractivity contribution in [3.63, 3.8) is 0 Å². The second-order valence-corrected chi connectivity index (χ2v) is 3.24. The SMILES string of the molecule is COC(F)(c1ccccc1)C(F)(F)C(F)(F)F. The van der Waals surface area contributed by atoms with E-state index in [4.69, 9.17) is 0 Å². The fourth-order valence-electron chi connectivity index (χ4n) is 1.26. The lowest BCUT2D eigenvalue weighted by Crippen LogP contribution is -2.53. The molecule has 1 aromatic rings. The lowest BCUT2D eigenvalue weighted by atomic mass is 10.0. The Balaban J connectivity index is 3.31. The highest BCUT2D eigenvalue weighted by Gasteiger charge is 2.73. The van der Waals surface area contributed by atoms with Crippen molar-refractivity contribution in [3.05, 3.63) is 35.9 Å². The highest BCUT2D eigenvalue weighted by atomic mass is 19.4. The maximum absolute atomic E-state index is 13.8. The van der Waals surface area contributed by atoms with Crippen LogP contribution in [0.15, 0.2) is 30.3 Å². The van der Waals surface area contributed by atoms with Crippen molar-refractivity contribution in [1.82, 2.24) is 0 Å². The van der Waals surface area contributed by atoms with Gasteiger partial charge in [0, 0.05) is 12.7 Å². The van der Waals surface area contributed by atoms with Gasteiger partial charge < -0.3 is 4.74 Å². The van der Waals surface area contributed by atoms with E-state index in [9.17, 15) is 26.3 Å². The predicted molar refractivity (Wildman–Crippen MR) is 47.2 cm³/mol. The number of ether oxygens (including phenoxy) is 1. The van der Waals surface area contributed by atoms with Crippen LogP contribution in [0.25, 0.3) is 0 Å². The maximum Gasteiger partial charge on any atom is 0.459 e. The van der Waals surface area contributed by atoms with Gasteiger partial charge in [0.2, 0.25) is 0 Å². The molecular formula is C10H8F6O. The molecule has 0 aromatic heterocycles. The molecule has 0 aliphatic rings. The third-order valence-corrected chi connectivity index (χ3v) is 2.19. The summed E-state index contributed by atoms with van der Waals surface area (Å²) in [7, 11) is 0.451. The van der Waals surface area contributed by atoms with Crippen molar-refractivity contribution in [2.45, 2.75) is 18.0 Å². The molecule has 96 valence electrons. The summed E-state index contributed by atoms with van der Waals surface area (Å²) in [6, 6.07) is 5.21. The minimum absolute atomic E-state index is 0.451. The Morgan fingerprint density at radius 2 is 1.35 bits per heavy atom. The number of alkyl halides is 6. The van der Waals surface area contributed by atoms with Crippen molar-refractivity contribution in [2.24, 2.45) is 0 Å². The van der Waals surface area contributed by atoms with Gasteiger partial charge in [-0.2, -0.15) is 26.3 Å². The van der Waals surface area contributed by atoms with Gasteiger partial charge >= 0.3 is 18.0 Å². The van der Waals surface area contributed by atoms with Crippen LogP contribution in [0.2, 0.25) is 0 Å². The molecule has 0 amide bonds. The van der Waals surface area contributed by atoms with E-state index in [2.05, 4.69) is 4.74 Å². The van der Waals surface area contributed by atoms with E-state index >= 15 is 0 Å². The Labute approximate surface area is 93.0 Å². The highest BCUT2D eigenvalue weighted by molar-refractivity contribution is 5.23. The summed E-state index contributed by atoms with van der Waals surface area (Å²) in [4.78, 5) is 0. The summed E-state index contributed by atoms with van der Waals surface area (Å²) >= 11 is 0. The first-order valence-corrected chi connectivity index (χ1v) is 4.41. The van der Waals surface area contributed by atoms with Gasteiger partial charge in [0.15, 0.2) is 0 Å². The zero-order chi connectivity index (χ0) is 13.3. The van der Waals surface area contributed by atoms with Crippen molar-refractivity contribution in [3.8, 4) is 0 Å². The average molecular weight is 258 g/mol. The first kappa shape index (κ1) is 13.8. The van der Waals surface area contributed by atoms with E-state index in [1.807, 2.05) is 0 Å². The third-order valence-electron chi connectivity index (χ3n) is 2.19. The van der Waals surface area contributed by atoms with E-state index in [-0.39, 0.29) is 0 Å². The Bertz CT molecular complexity index is 374. The molecule has 0 aliphatic heterocycles. The van der Waals surface area contributed by atoms with Gasteiger partial charge in [-0.3, -0.25) is 0 Å². The first-order chi connectivity index (χ1) is 7.67. The summed E-state index contributed by atoms with van der Waals surface area (Å²) in [5.74, 6) is -9.89. The summed E-state index contributed by atoms with van der Waals surface area (Å²) in [6.07, 6.45) is -6.05. The fraction of sp³-hybridized carbons (Fsp3) is 0.400. The molecule has 1 nitrogen and oxygen atoms in total. The largest absolute Gasteiger partial charge is 0.459 e. The Hall–Kier alpha value is -1.24. The molecule has 0 aliphatic carbocycles. The average Bonchev–Trinajstić information content (AvgIpc) is 2.27. The monoisotopic (exact) mass is 258 g/mol. The van der Waals surface area contributed by atoms with E-state index < -0.39 is 23.5 Å². The molecule has 0 radical (unpaired) electrons. The number of halogens is 6. The second-order valence-electron chi connectivity index (χ2n) is 3.24. The Morgan fingerprint density at radius 3 is 1.71 bits per heavy atom. The van der Waals surface area contributed by atoms with E-state index in [0.29, 0.717) is 7.11 Å². The molecule has 0 bridgehead atoms. The summed E-state index contributed by atoms with van der Waals surface area (Å²) in [6.45, 7) is 0. The first-order valence-electron chi connectivity index (χ1n) is 4.41. The third kappa shape index (κ3) is 2.11. The molecular weight excluding hydrogens is 250 g/mol. The molecule has 0 heterocycles. The van der Waals surface area contributed by atoms with Gasteiger partial charge in [0.25, 0.3) is 0 Å². The van der Waals surface area contributed by atoms with Crippen LogP contribution in [0.4, 0.5) is 26.3 Å². The highest BCUT2D eigenvalue weighted by Crippen LogP contribution is 2.51. The molecule has 0 spiro atoms. The van der Waals surface area contributed by atoms with Crippen LogP contribution in [0.1, 0.15) is 5.56 Å². The minimum atomic E-state index is -6.05. The quantitative estimate of drug-likeness (QED) is 0.752. The minimum Gasteiger partial charge on any atom is -0.341 e. The van der Waals surface area contributed by atoms with Gasteiger partial charge in [0.1, 0.15) is 0 Å². The van der Waals surface area contributed by atoms with Crippen LogP contribution in [-0.4, -0.2) is 19.2 Å². The van der Waals surface area contributed by atoms with Gasteiger partial charge in [-0.05, 0) is 0 Å². The summed E-state index contributed by atoms with van der Waals surface area (Å²) < 4.78 is 80.1. The molecule has 7 heteroatoms. The van der Waals surface area contributed by atoms with Gasteiger partial charge in [-0.1, -0.05) is 30.3 Å². The summed E-state index contributed by atoms with van der Waals surface area (Å²) in [5.41, 5.74) is -0.898. The van der Waals surface area contributed by atoms with E-state index in [1.165, 1.54) is 6.07 Å². The van der Waals surface area contributed by atoms with Crippen LogP contribution in [0.3, 0.4) is 0 Å². The van der Waals surface area contributed by atoms with Crippen LogP contribution < -0.4 is 0 Å². The van der Waals surface area contributed by atoms with Gasteiger partial charge in [-0.15, -0.1) is 0 Å². The number of hydrogen-bond donors (Lipinski definition) is 0. The normalized spacial score (nSPS) is 16.6. The molecule has 1 unspecified atom stereocenters. The lowest BCUT2D eigenvalue weighted by Gasteiger charge is -2.33. The molecule has 0 N–H and O–H groups in total. The predicted octanol–water partition coefficient (Wildman–Crippen LogP) is 3.65. The van der Waals surface area contributed by atoms with Crippen molar-refractivity contribution >= 4 is 0 Å². The topological polar surface area (TPSA) is 9.23 Å². The van der Waals surface area contributed by atoms with Gasteiger partial charge in [0.05, 0.1) is 0 Å². The van der Waals surface area contributed by atoms with Gasteiger partial charge in [-0.25, -0.2) is 0 Å². The Kier molecular flexibility index (Phi) is 3.42. The molecule has 0 saturated heterocycles. The van der Waals surface area contributed by atoms with Crippen LogP contribution in [-0.2, 0) is 10.6 Å². The van der Waals surface area contributed by atoms with Crippen LogP contribution >= 0.6 is 0 Å². The molecule has 0 saturated carbocycles. The lowest BCUT2D eigenvalue weighted by molar-refractivity contribution is -0.385. The molecule has 0 fully saturated rings. The number of rotatable bonds is 3. The van der Waals surface area contributed by atoms with Crippen LogP contribution in [0.5, 0.6) is 0 Å². The number of methoxy groups -OCH3 is 1.